The van der Waals surface area contributed by atoms with Gasteiger partial charge in [0, 0.05) is 106 Å². The molecular weight excluding hydrogens is 990 g/mol. The Bertz CT molecular complexity index is 2770. The maximum atomic E-state index is 14.0. The molecule has 4 aromatic heterocycles. The maximum absolute atomic E-state index is 14.0. The van der Waals surface area contributed by atoms with Crippen molar-refractivity contribution in [1.29, 1.82) is 0 Å². The van der Waals surface area contributed by atoms with Crippen LogP contribution in [0, 0.1) is 25.7 Å². The number of hydrogen-bond donors (Lipinski definition) is 4. The number of rotatable bonds is 15. The van der Waals surface area contributed by atoms with Gasteiger partial charge in [-0.2, -0.15) is 0 Å². The van der Waals surface area contributed by atoms with Crippen LogP contribution in [0.1, 0.15) is 100 Å². The monoisotopic (exact) mass is 1060 g/mol. The minimum atomic E-state index is -0.864. The molecule has 0 saturated carbocycles. The van der Waals surface area contributed by atoms with Gasteiger partial charge >= 0.3 is 0 Å². The number of nitrogens with two attached hydrogens (primary N) is 1. The average Bonchev–Trinajstić information content (AvgIpc) is 4.13. The number of aliphatic hydroxyl groups is 2. The molecule has 21 heteroatoms. The Labute approximate surface area is 439 Å². The first-order valence-electron chi connectivity index (χ1n) is 25.3. The highest BCUT2D eigenvalue weighted by atomic mass is 35.5. The number of nitrogens with one attached hydrogen (secondary N) is 1. The number of thiazole rings is 1. The van der Waals surface area contributed by atoms with Gasteiger partial charge in [0.15, 0.2) is 5.82 Å². The van der Waals surface area contributed by atoms with Gasteiger partial charge in [0.05, 0.1) is 45.7 Å². The Morgan fingerprint density at radius 1 is 1.00 bits per heavy atom. The minimum Gasteiger partial charge on any atom is -0.490 e. The van der Waals surface area contributed by atoms with Crippen LogP contribution >= 0.6 is 34.7 Å². The van der Waals surface area contributed by atoms with Gasteiger partial charge in [0.25, 0.3) is 0 Å². The fourth-order valence-electron chi connectivity index (χ4n) is 10.4. The van der Waals surface area contributed by atoms with E-state index in [1.807, 2.05) is 55.4 Å². The molecular formula is C52H66ClN11O7S2. The number of aromatic nitrogens is 5. The number of aryl methyl sites for hydroxylation is 2. The smallest absolute Gasteiger partial charge is 0.243 e. The number of carbonyl (C=O) groups excluding carboxylic acids is 3. The van der Waals surface area contributed by atoms with Crippen molar-refractivity contribution in [2.24, 2.45) is 17.6 Å². The molecule has 3 atom stereocenters. The number of benzene rings is 1. The van der Waals surface area contributed by atoms with E-state index in [-0.39, 0.29) is 67.3 Å². The molecule has 5 N–H and O–H groups in total. The van der Waals surface area contributed by atoms with Crippen LogP contribution in [0.4, 0.5) is 11.6 Å². The van der Waals surface area contributed by atoms with Gasteiger partial charge in [-0.05, 0) is 70.1 Å². The van der Waals surface area contributed by atoms with Crippen molar-refractivity contribution in [2.75, 3.05) is 55.6 Å². The summed E-state index contributed by atoms with van der Waals surface area (Å²) in [6.45, 7) is 13.5. The fraction of sp³-hybridized carbons (Fsp3) is 0.538. The van der Waals surface area contributed by atoms with Crippen molar-refractivity contribution in [3.05, 3.63) is 81.7 Å². The van der Waals surface area contributed by atoms with Gasteiger partial charge in [-0.1, -0.05) is 54.5 Å². The standard InChI is InChI=1S/C52H66ClN11O7S2/c1-30(2)44(41-22-31(3)60-71-41)51(69)64-27-36(66)24-39(64)49(67)57-25-35-7-6-34(46-32(4)58-29-72-46)23-40(35)70-37-11-18-63(19-12-37)50(68)33-9-16-61(17-10-33)48-45(53)42(8-15-55-48)73-43-26-56-47(38(28-65)59-43)62-20-13-52(5,54)14-21-62/h6-8,15,22-23,26,29-30,33,36-37,39,44,65-66H,9-14,16-21,24-25,27-28,54H2,1-5H3,(H,57,67)/t36-,39+,44-/m1/s1. The zero-order chi connectivity index (χ0) is 51.6. The zero-order valence-electron chi connectivity index (χ0n) is 42.1. The van der Waals surface area contributed by atoms with Crippen molar-refractivity contribution in [3.63, 3.8) is 0 Å². The predicted molar refractivity (Wildman–Crippen MR) is 280 cm³/mol. The molecule has 8 heterocycles. The molecule has 1 aromatic carbocycles. The predicted octanol–water partition coefficient (Wildman–Crippen LogP) is 6.52. The number of carbonyl (C=O) groups is 3. The lowest BCUT2D eigenvalue weighted by molar-refractivity contribution is -0.141. The van der Waals surface area contributed by atoms with Crippen LogP contribution in [0.25, 0.3) is 10.4 Å². The zero-order valence-corrected chi connectivity index (χ0v) is 44.5. The van der Waals surface area contributed by atoms with E-state index in [0.717, 1.165) is 52.5 Å². The van der Waals surface area contributed by atoms with E-state index >= 15 is 0 Å². The van der Waals surface area contributed by atoms with Gasteiger partial charge in [-0.15, -0.1) is 11.3 Å². The van der Waals surface area contributed by atoms with E-state index in [1.165, 1.54) is 16.7 Å². The van der Waals surface area contributed by atoms with Crippen molar-refractivity contribution >= 4 is 64.1 Å². The van der Waals surface area contributed by atoms with Gasteiger partial charge in [-0.3, -0.25) is 14.4 Å². The number of aliphatic hydroxyl groups excluding tert-OH is 2. The Morgan fingerprint density at radius 3 is 2.41 bits per heavy atom. The Morgan fingerprint density at radius 2 is 1.74 bits per heavy atom. The van der Waals surface area contributed by atoms with E-state index in [1.54, 1.807) is 36.7 Å². The normalized spacial score (nSPS) is 20.2. The van der Waals surface area contributed by atoms with Crippen molar-refractivity contribution in [3.8, 4) is 16.2 Å². The highest BCUT2D eigenvalue weighted by Crippen LogP contribution is 2.40. The lowest BCUT2D eigenvalue weighted by Crippen LogP contribution is -2.48. The molecule has 9 rings (SSSR count). The molecule has 4 aliphatic heterocycles. The molecule has 0 radical (unpaired) electrons. The second-order valence-electron chi connectivity index (χ2n) is 20.5. The topological polar surface area (TPSA) is 229 Å². The third-order valence-electron chi connectivity index (χ3n) is 14.7. The second kappa shape index (κ2) is 22.6. The van der Waals surface area contributed by atoms with Crippen LogP contribution in [0.3, 0.4) is 0 Å². The van der Waals surface area contributed by atoms with Crippen molar-refractivity contribution < 1.29 is 33.9 Å². The number of anilines is 2. The number of β-amino-alcohol motifs (C(OH)–C–C–N with tert-alkyl or cyclic N) is 1. The van der Waals surface area contributed by atoms with E-state index in [4.69, 9.17) is 36.6 Å². The summed E-state index contributed by atoms with van der Waals surface area (Å²) >= 11 is 9.95. The number of piperidine rings is 3. The summed E-state index contributed by atoms with van der Waals surface area (Å²) in [6.07, 6.45) is 6.85. The fourth-order valence-corrected chi connectivity index (χ4v) is 12.4. The first kappa shape index (κ1) is 52.5. The summed E-state index contributed by atoms with van der Waals surface area (Å²) < 4.78 is 12.3. The Kier molecular flexibility index (Phi) is 16.3. The number of hydrogen-bond acceptors (Lipinski definition) is 17. The van der Waals surface area contributed by atoms with Crippen LogP contribution in [-0.2, 0) is 27.5 Å². The van der Waals surface area contributed by atoms with Crippen LogP contribution < -0.4 is 25.6 Å². The molecule has 4 saturated heterocycles. The van der Waals surface area contributed by atoms with Crippen LogP contribution in [0.2, 0.25) is 5.02 Å². The van der Waals surface area contributed by atoms with E-state index in [9.17, 15) is 24.6 Å². The molecule has 4 aliphatic rings. The third kappa shape index (κ3) is 11.9. The summed E-state index contributed by atoms with van der Waals surface area (Å²) in [5.74, 6) is 1.01. The molecule has 0 spiro atoms. The number of ether oxygens (including phenoxy) is 1. The SMILES string of the molecule is Cc1cc([C@H](C(=O)N2C[C@H](O)C[C@H]2C(=O)NCc2ccc(-c3scnc3C)cc2OC2CCN(C(=O)C3CCN(c4nccc(Sc5cnc(N6CCC(C)(N)CC6)c(CO)n5)c4Cl)CC3)CC2)C(C)C)on1. The number of likely N-dealkylation sites (tertiary alicyclic amines) is 2. The molecule has 0 bridgehead atoms. The Balaban J connectivity index is 0.796. The van der Waals surface area contributed by atoms with Crippen LogP contribution in [0.5, 0.6) is 5.75 Å². The number of pyridine rings is 1. The summed E-state index contributed by atoms with van der Waals surface area (Å²) in [6, 6.07) is 8.68. The quantitative estimate of drug-likeness (QED) is 0.0875. The molecule has 73 heavy (non-hydrogen) atoms. The van der Waals surface area contributed by atoms with Crippen LogP contribution in [0.15, 0.2) is 62.7 Å². The molecule has 3 amide bonds. The van der Waals surface area contributed by atoms with Crippen LogP contribution in [-0.4, -0.2) is 132 Å². The molecule has 0 aliphatic carbocycles. The molecule has 18 nitrogen and oxygen atoms in total. The second-order valence-corrected chi connectivity index (χ2v) is 22.8. The summed E-state index contributed by atoms with van der Waals surface area (Å²) in [7, 11) is 0. The molecule has 5 aromatic rings. The third-order valence-corrected chi connectivity index (χ3v) is 17.1. The largest absolute Gasteiger partial charge is 0.490 e. The highest BCUT2D eigenvalue weighted by Gasteiger charge is 2.43. The first-order chi connectivity index (χ1) is 35.0. The van der Waals surface area contributed by atoms with Gasteiger partial charge in [0.2, 0.25) is 17.7 Å². The van der Waals surface area contributed by atoms with Gasteiger partial charge < -0.3 is 50.1 Å². The van der Waals surface area contributed by atoms with E-state index in [2.05, 4.69) is 37.2 Å². The van der Waals surface area contributed by atoms with E-state index < -0.39 is 18.1 Å². The Hall–Kier alpha value is -5.38. The highest BCUT2D eigenvalue weighted by molar-refractivity contribution is 7.99. The summed E-state index contributed by atoms with van der Waals surface area (Å²) in [5, 5.41) is 29.1. The molecule has 390 valence electrons. The minimum absolute atomic E-state index is 0.0441. The summed E-state index contributed by atoms with van der Waals surface area (Å²) in [5.41, 5.74) is 11.8. The lowest BCUT2D eigenvalue weighted by atomic mass is 9.91. The first-order valence-corrected chi connectivity index (χ1v) is 27.4. The number of halogens is 1. The lowest BCUT2D eigenvalue weighted by Gasteiger charge is -2.38. The number of amides is 3. The summed E-state index contributed by atoms with van der Waals surface area (Å²) in [4.78, 5) is 70.1. The van der Waals surface area contributed by atoms with E-state index in [0.29, 0.717) is 96.4 Å². The number of nitrogens with zero attached hydrogens (tertiary/aromatic N) is 9. The van der Waals surface area contributed by atoms with Crippen molar-refractivity contribution in [1.82, 2.24) is 40.2 Å². The van der Waals surface area contributed by atoms with Gasteiger partial charge in [-0.25, -0.2) is 19.9 Å². The average molecular weight is 1060 g/mol. The van der Waals surface area contributed by atoms with Crippen molar-refractivity contribution in [2.45, 2.75) is 132 Å². The maximum Gasteiger partial charge on any atom is 0.243 e. The molecule has 4 fully saturated rings. The van der Waals surface area contributed by atoms with Gasteiger partial charge in [0.1, 0.15) is 46.1 Å². The molecule has 0 unspecified atom stereocenters.